The van der Waals surface area contributed by atoms with E-state index < -0.39 is 0 Å². The van der Waals surface area contributed by atoms with Gasteiger partial charge < -0.3 is 5.32 Å². The van der Waals surface area contributed by atoms with Crippen molar-refractivity contribution in [1.82, 2.24) is 4.98 Å². The highest BCUT2D eigenvalue weighted by molar-refractivity contribution is 6.32. The molecule has 0 aromatic carbocycles. The Morgan fingerprint density at radius 2 is 2.38 bits per heavy atom. The Morgan fingerprint density at radius 3 is 2.92 bits per heavy atom. The molecule has 3 nitrogen and oxygen atoms in total. The SMILES string of the molecule is C=C(C)C(=O)Nc1cccnc1Cl. The number of carbonyl (C=O) groups excluding carboxylic acids is 1. The summed E-state index contributed by atoms with van der Waals surface area (Å²) in [5, 5.41) is 2.85. The zero-order valence-corrected chi connectivity index (χ0v) is 7.93. The van der Waals surface area contributed by atoms with Gasteiger partial charge in [0.2, 0.25) is 0 Å². The molecule has 0 aliphatic carbocycles. The van der Waals surface area contributed by atoms with E-state index in [-0.39, 0.29) is 11.1 Å². The predicted molar refractivity (Wildman–Crippen MR) is 52.7 cm³/mol. The molecule has 0 saturated carbocycles. The number of pyridine rings is 1. The summed E-state index contributed by atoms with van der Waals surface area (Å²) in [5.74, 6) is -0.255. The second kappa shape index (κ2) is 4.05. The molecule has 0 aliphatic rings. The lowest BCUT2D eigenvalue weighted by Gasteiger charge is -2.04. The van der Waals surface area contributed by atoms with Gasteiger partial charge in [-0.3, -0.25) is 4.79 Å². The lowest BCUT2D eigenvalue weighted by molar-refractivity contribution is -0.112. The summed E-state index contributed by atoms with van der Waals surface area (Å²) in [6.07, 6.45) is 1.55. The largest absolute Gasteiger partial charge is 0.320 e. The molecule has 0 aliphatic heterocycles. The number of aromatic nitrogens is 1. The average molecular weight is 197 g/mol. The van der Waals surface area contributed by atoms with Crippen molar-refractivity contribution in [1.29, 1.82) is 0 Å². The van der Waals surface area contributed by atoms with Crippen LogP contribution in [-0.4, -0.2) is 10.9 Å². The molecule has 1 aromatic rings. The summed E-state index contributed by atoms with van der Waals surface area (Å²) in [7, 11) is 0. The molecule has 0 fully saturated rings. The van der Waals surface area contributed by atoms with Gasteiger partial charge in [-0.25, -0.2) is 4.98 Å². The van der Waals surface area contributed by atoms with E-state index in [4.69, 9.17) is 11.6 Å². The van der Waals surface area contributed by atoms with E-state index in [2.05, 4.69) is 16.9 Å². The number of nitrogens with zero attached hydrogens (tertiary/aromatic N) is 1. The van der Waals surface area contributed by atoms with Gasteiger partial charge in [0.1, 0.15) is 0 Å². The zero-order chi connectivity index (χ0) is 9.84. The van der Waals surface area contributed by atoms with Gasteiger partial charge in [0.05, 0.1) is 5.69 Å². The molecule has 1 N–H and O–H groups in total. The first-order chi connectivity index (χ1) is 6.11. The van der Waals surface area contributed by atoms with Crippen LogP contribution in [0.15, 0.2) is 30.5 Å². The normalized spacial score (nSPS) is 9.38. The van der Waals surface area contributed by atoms with Crippen LogP contribution in [0.5, 0.6) is 0 Å². The molecule has 68 valence electrons. The highest BCUT2D eigenvalue weighted by Crippen LogP contribution is 2.17. The molecule has 0 bridgehead atoms. The van der Waals surface area contributed by atoms with Crippen molar-refractivity contribution >= 4 is 23.2 Å². The van der Waals surface area contributed by atoms with Crippen LogP contribution < -0.4 is 5.32 Å². The summed E-state index contributed by atoms with van der Waals surface area (Å²) in [6.45, 7) is 5.13. The first-order valence-electron chi connectivity index (χ1n) is 3.68. The lowest BCUT2D eigenvalue weighted by Crippen LogP contribution is -2.12. The Bertz CT molecular complexity index is 349. The third kappa shape index (κ3) is 2.56. The summed E-state index contributed by atoms with van der Waals surface area (Å²) < 4.78 is 0. The van der Waals surface area contributed by atoms with Gasteiger partial charge in [0.25, 0.3) is 5.91 Å². The smallest absolute Gasteiger partial charge is 0.250 e. The highest BCUT2D eigenvalue weighted by atomic mass is 35.5. The van der Waals surface area contributed by atoms with Gasteiger partial charge in [-0.2, -0.15) is 0 Å². The van der Waals surface area contributed by atoms with Crippen molar-refractivity contribution in [3.8, 4) is 0 Å². The number of amides is 1. The molecule has 1 rings (SSSR count). The number of rotatable bonds is 2. The van der Waals surface area contributed by atoms with Crippen molar-refractivity contribution in [3.63, 3.8) is 0 Å². The van der Waals surface area contributed by atoms with Gasteiger partial charge in [0.15, 0.2) is 5.15 Å². The highest BCUT2D eigenvalue weighted by Gasteiger charge is 2.05. The lowest BCUT2D eigenvalue weighted by atomic mass is 10.3. The Labute approximate surface area is 81.4 Å². The summed E-state index contributed by atoms with van der Waals surface area (Å²) in [5.41, 5.74) is 0.928. The Morgan fingerprint density at radius 1 is 1.69 bits per heavy atom. The molecule has 0 radical (unpaired) electrons. The standard InChI is InChI=1S/C9H9ClN2O/c1-6(2)9(13)12-7-4-3-5-11-8(7)10/h3-5H,1H2,2H3,(H,12,13). The van der Waals surface area contributed by atoms with E-state index >= 15 is 0 Å². The van der Waals surface area contributed by atoms with E-state index in [0.29, 0.717) is 11.3 Å². The summed E-state index contributed by atoms with van der Waals surface area (Å²) >= 11 is 5.72. The van der Waals surface area contributed by atoms with Crippen molar-refractivity contribution in [2.75, 3.05) is 5.32 Å². The number of halogens is 1. The van der Waals surface area contributed by atoms with Crippen LogP contribution in [-0.2, 0) is 4.79 Å². The fourth-order valence-electron chi connectivity index (χ4n) is 0.708. The quantitative estimate of drug-likeness (QED) is 0.582. The number of hydrogen-bond acceptors (Lipinski definition) is 2. The third-order valence-electron chi connectivity index (χ3n) is 1.39. The number of hydrogen-bond donors (Lipinski definition) is 1. The monoisotopic (exact) mass is 196 g/mol. The van der Waals surface area contributed by atoms with Gasteiger partial charge >= 0.3 is 0 Å². The van der Waals surface area contributed by atoms with Crippen LogP contribution in [0.25, 0.3) is 0 Å². The van der Waals surface area contributed by atoms with E-state index in [1.165, 1.54) is 0 Å². The van der Waals surface area contributed by atoms with E-state index in [1.54, 1.807) is 25.3 Å². The molecule has 1 heterocycles. The van der Waals surface area contributed by atoms with Crippen molar-refractivity contribution < 1.29 is 4.79 Å². The fourth-order valence-corrected chi connectivity index (χ4v) is 0.875. The second-order valence-corrected chi connectivity index (χ2v) is 2.93. The van der Waals surface area contributed by atoms with Crippen LogP contribution in [0.3, 0.4) is 0 Å². The molecule has 0 unspecified atom stereocenters. The van der Waals surface area contributed by atoms with Crippen molar-refractivity contribution in [2.24, 2.45) is 0 Å². The van der Waals surface area contributed by atoms with E-state index in [1.807, 2.05) is 0 Å². The van der Waals surface area contributed by atoms with Crippen LogP contribution in [0.4, 0.5) is 5.69 Å². The average Bonchev–Trinajstić information content (AvgIpc) is 2.08. The molecular weight excluding hydrogens is 188 g/mol. The second-order valence-electron chi connectivity index (χ2n) is 2.58. The Hall–Kier alpha value is -1.35. The molecule has 13 heavy (non-hydrogen) atoms. The molecular formula is C9H9ClN2O. The molecule has 1 amide bonds. The minimum absolute atomic E-state index is 0.255. The summed E-state index contributed by atoms with van der Waals surface area (Å²) in [6, 6.07) is 3.37. The molecule has 0 saturated heterocycles. The maximum Gasteiger partial charge on any atom is 0.250 e. The molecule has 1 aromatic heterocycles. The maximum absolute atomic E-state index is 11.2. The fraction of sp³-hybridized carbons (Fsp3) is 0.111. The number of nitrogens with one attached hydrogen (secondary N) is 1. The molecule has 0 spiro atoms. The number of carbonyl (C=O) groups is 1. The molecule has 4 heteroatoms. The van der Waals surface area contributed by atoms with Crippen LogP contribution >= 0.6 is 11.6 Å². The minimum Gasteiger partial charge on any atom is -0.320 e. The van der Waals surface area contributed by atoms with E-state index in [9.17, 15) is 4.79 Å². The van der Waals surface area contributed by atoms with Crippen LogP contribution in [0.1, 0.15) is 6.92 Å². The molecule has 0 atom stereocenters. The van der Waals surface area contributed by atoms with E-state index in [0.717, 1.165) is 0 Å². The van der Waals surface area contributed by atoms with Crippen LogP contribution in [0.2, 0.25) is 5.15 Å². The Balaban J connectivity index is 2.81. The van der Waals surface area contributed by atoms with Crippen molar-refractivity contribution in [3.05, 3.63) is 35.6 Å². The topological polar surface area (TPSA) is 42.0 Å². The van der Waals surface area contributed by atoms with Gasteiger partial charge in [-0.1, -0.05) is 18.2 Å². The zero-order valence-electron chi connectivity index (χ0n) is 7.17. The summed E-state index contributed by atoms with van der Waals surface area (Å²) in [4.78, 5) is 15.0. The Kier molecular flexibility index (Phi) is 3.03. The predicted octanol–water partition coefficient (Wildman–Crippen LogP) is 2.25. The van der Waals surface area contributed by atoms with Crippen molar-refractivity contribution in [2.45, 2.75) is 6.92 Å². The van der Waals surface area contributed by atoms with Gasteiger partial charge in [-0.15, -0.1) is 0 Å². The maximum atomic E-state index is 11.2. The van der Waals surface area contributed by atoms with Gasteiger partial charge in [0, 0.05) is 11.8 Å². The first kappa shape index (κ1) is 9.74. The number of anilines is 1. The van der Waals surface area contributed by atoms with Gasteiger partial charge in [-0.05, 0) is 19.1 Å². The third-order valence-corrected chi connectivity index (χ3v) is 1.70. The van der Waals surface area contributed by atoms with Crippen LogP contribution in [0, 0.1) is 0 Å². The minimum atomic E-state index is -0.255. The first-order valence-corrected chi connectivity index (χ1v) is 4.06.